The molecule has 0 radical (unpaired) electrons. The van der Waals surface area contributed by atoms with Crippen LogP contribution < -0.4 is 0 Å². The van der Waals surface area contributed by atoms with Crippen molar-refractivity contribution in [2.45, 2.75) is 0 Å². The van der Waals surface area contributed by atoms with E-state index in [0.717, 1.165) is 16.4 Å². The van der Waals surface area contributed by atoms with Crippen molar-refractivity contribution in [3.05, 3.63) is 42.5 Å². The summed E-state index contributed by atoms with van der Waals surface area (Å²) in [5.41, 5.74) is 1.73. The second-order valence-electron chi connectivity index (χ2n) is 3.19. The zero-order chi connectivity index (χ0) is 9.54. The van der Waals surface area contributed by atoms with E-state index in [9.17, 15) is 4.39 Å². The topological polar surface area (TPSA) is 28.7 Å². The summed E-state index contributed by atoms with van der Waals surface area (Å²) in [5.74, 6) is -0.417. The average Bonchev–Trinajstić information content (AvgIpc) is 2.57. The van der Waals surface area contributed by atoms with Gasteiger partial charge in [0.05, 0.1) is 10.9 Å². The Morgan fingerprint density at radius 2 is 1.93 bits per heavy atom. The summed E-state index contributed by atoms with van der Waals surface area (Å²) < 4.78 is 13.4. The number of fused-ring (bicyclic) bond motifs is 3. The predicted octanol–water partition coefficient (Wildman–Crippen LogP) is 2.86. The highest BCUT2D eigenvalue weighted by molar-refractivity contribution is 6.06. The van der Waals surface area contributed by atoms with Gasteiger partial charge in [-0.05, 0) is 12.1 Å². The Kier molecular flexibility index (Phi) is 1.36. The molecular formula is C11H7FN2. The number of aromatic nitrogens is 2. The van der Waals surface area contributed by atoms with Gasteiger partial charge in [0.2, 0.25) is 5.95 Å². The molecule has 0 saturated carbocycles. The Bertz CT molecular complexity index is 613. The van der Waals surface area contributed by atoms with Crippen molar-refractivity contribution in [1.29, 1.82) is 0 Å². The van der Waals surface area contributed by atoms with Gasteiger partial charge in [0.1, 0.15) is 0 Å². The molecule has 2 aromatic heterocycles. The van der Waals surface area contributed by atoms with E-state index in [0.29, 0.717) is 5.39 Å². The van der Waals surface area contributed by atoms with Gasteiger partial charge in [0.25, 0.3) is 0 Å². The van der Waals surface area contributed by atoms with E-state index in [-0.39, 0.29) is 0 Å². The van der Waals surface area contributed by atoms with Crippen LogP contribution >= 0.6 is 0 Å². The Morgan fingerprint density at radius 3 is 2.86 bits per heavy atom. The molecule has 0 bridgehead atoms. The van der Waals surface area contributed by atoms with Crippen molar-refractivity contribution in [3.8, 4) is 0 Å². The number of hydrogen-bond acceptors (Lipinski definition) is 1. The zero-order valence-electron chi connectivity index (χ0n) is 7.29. The number of hydrogen-bond donors (Lipinski definition) is 1. The van der Waals surface area contributed by atoms with Crippen molar-refractivity contribution in [3.63, 3.8) is 0 Å². The smallest absolute Gasteiger partial charge is 0.222 e. The monoisotopic (exact) mass is 186 g/mol. The first-order valence-corrected chi connectivity index (χ1v) is 4.37. The third-order valence-corrected chi connectivity index (χ3v) is 2.37. The lowest BCUT2D eigenvalue weighted by atomic mass is 10.2. The number of rotatable bonds is 0. The number of nitrogens with one attached hydrogen (secondary N) is 1. The Labute approximate surface area is 79.4 Å². The molecule has 3 heteroatoms. The van der Waals surface area contributed by atoms with Gasteiger partial charge in [-0.25, -0.2) is 4.98 Å². The van der Waals surface area contributed by atoms with E-state index < -0.39 is 5.95 Å². The number of H-pyrrole nitrogens is 1. The SMILES string of the molecule is Fc1nccc2[nH]c3ccccc3c12. The maximum absolute atomic E-state index is 13.4. The molecular weight excluding hydrogens is 179 g/mol. The molecule has 0 atom stereocenters. The number of halogens is 1. The fourth-order valence-electron chi connectivity index (χ4n) is 1.75. The van der Waals surface area contributed by atoms with E-state index in [1.165, 1.54) is 6.20 Å². The van der Waals surface area contributed by atoms with Gasteiger partial charge < -0.3 is 4.98 Å². The minimum atomic E-state index is -0.417. The fourth-order valence-corrected chi connectivity index (χ4v) is 1.75. The number of nitrogens with zero attached hydrogens (tertiary/aromatic N) is 1. The molecule has 0 aliphatic carbocycles. The van der Waals surface area contributed by atoms with Crippen LogP contribution in [-0.2, 0) is 0 Å². The second-order valence-corrected chi connectivity index (χ2v) is 3.19. The van der Waals surface area contributed by atoms with E-state index in [1.807, 2.05) is 24.3 Å². The van der Waals surface area contributed by atoms with Crippen molar-refractivity contribution >= 4 is 21.8 Å². The van der Waals surface area contributed by atoms with Crippen LogP contribution in [0.5, 0.6) is 0 Å². The summed E-state index contributed by atoms with van der Waals surface area (Å²) in [5, 5.41) is 1.45. The summed E-state index contributed by atoms with van der Waals surface area (Å²) in [7, 11) is 0. The van der Waals surface area contributed by atoms with Gasteiger partial charge >= 0.3 is 0 Å². The van der Waals surface area contributed by atoms with Gasteiger partial charge in [0, 0.05) is 17.1 Å². The van der Waals surface area contributed by atoms with Gasteiger partial charge in [-0.1, -0.05) is 18.2 Å². The molecule has 1 N–H and O–H groups in total. The first-order valence-electron chi connectivity index (χ1n) is 4.37. The number of aromatic amines is 1. The third kappa shape index (κ3) is 0.865. The summed E-state index contributed by atoms with van der Waals surface area (Å²) in [6, 6.07) is 9.40. The van der Waals surface area contributed by atoms with E-state index in [4.69, 9.17) is 0 Å². The summed E-state index contributed by atoms with van der Waals surface area (Å²) in [4.78, 5) is 6.78. The lowest BCUT2D eigenvalue weighted by Gasteiger charge is -1.90. The summed E-state index contributed by atoms with van der Waals surface area (Å²) >= 11 is 0. The van der Waals surface area contributed by atoms with Crippen molar-refractivity contribution in [2.24, 2.45) is 0 Å². The van der Waals surface area contributed by atoms with E-state index in [1.54, 1.807) is 6.07 Å². The quantitative estimate of drug-likeness (QED) is 0.537. The Hall–Kier alpha value is -1.90. The molecule has 0 unspecified atom stereocenters. The highest BCUT2D eigenvalue weighted by Gasteiger charge is 2.07. The number of pyridine rings is 1. The van der Waals surface area contributed by atoms with Crippen molar-refractivity contribution in [2.75, 3.05) is 0 Å². The van der Waals surface area contributed by atoms with Crippen LogP contribution in [0.1, 0.15) is 0 Å². The molecule has 1 aromatic carbocycles. The molecule has 14 heavy (non-hydrogen) atoms. The second kappa shape index (κ2) is 2.54. The largest absolute Gasteiger partial charge is 0.354 e. The van der Waals surface area contributed by atoms with Crippen molar-refractivity contribution < 1.29 is 4.39 Å². The van der Waals surface area contributed by atoms with Gasteiger partial charge in [-0.2, -0.15) is 4.39 Å². The Morgan fingerprint density at radius 1 is 1.07 bits per heavy atom. The summed E-state index contributed by atoms with van der Waals surface area (Å²) in [6.07, 6.45) is 1.47. The highest BCUT2D eigenvalue weighted by atomic mass is 19.1. The molecule has 2 nitrogen and oxygen atoms in total. The van der Waals surface area contributed by atoms with Gasteiger partial charge in [0.15, 0.2) is 0 Å². The minimum Gasteiger partial charge on any atom is -0.354 e. The summed E-state index contributed by atoms with van der Waals surface area (Å²) in [6.45, 7) is 0. The third-order valence-electron chi connectivity index (χ3n) is 2.37. The molecule has 0 aliphatic heterocycles. The van der Waals surface area contributed by atoms with Crippen LogP contribution in [0.2, 0.25) is 0 Å². The first kappa shape index (κ1) is 7.50. The van der Waals surface area contributed by atoms with Gasteiger partial charge in [-0.3, -0.25) is 0 Å². The molecule has 0 amide bonds. The van der Waals surface area contributed by atoms with Crippen LogP contribution in [0, 0.1) is 5.95 Å². The molecule has 2 heterocycles. The molecule has 0 fully saturated rings. The van der Waals surface area contributed by atoms with Crippen LogP contribution in [-0.4, -0.2) is 9.97 Å². The number of para-hydroxylation sites is 1. The zero-order valence-corrected chi connectivity index (χ0v) is 7.29. The molecule has 3 aromatic rings. The maximum atomic E-state index is 13.4. The molecule has 0 aliphatic rings. The maximum Gasteiger partial charge on any atom is 0.222 e. The van der Waals surface area contributed by atoms with E-state index in [2.05, 4.69) is 9.97 Å². The normalized spacial score (nSPS) is 11.2. The van der Waals surface area contributed by atoms with Crippen LogP contribution in [0.25, 0.3) is 21.8 Å². The fraction of sp³-hybridized carbons (Fsp3) is 0. The molecule has 0 saturated heterocycles. The molecule has 68 valence electrons. The number of benzene rings is 1. The highest BCUT2D eigenvalue weighted by Crippen LogP contribution is 2.25. The average molecular weight is 186 g/mol. The molecule has 0 spiro atoms. The van der Waals surface area contributed by atoms with Crippen LogP contribution in [0.4, 0.5) is 4.39 Å². The Balaban J connectivity index is 2.65. The molecule has 3 rings (SSSR count). The first-order chi connectivity index (χ1) is 6.86. The van der Waals surface area contributed by atoms with Crippen LogP contribution in [0.3, 0.4) is 0 Å². The standard InChI is InChI=1S/C11H7FN2/c12-11-10-7-3-1-2-4-8(7)14-9(10)5-6-13-11/h1-6,14H. The minimum absolute atomic E-state index is 0.417. The lowest BCUT2D eigenvalue weighted by molar-refractivity contribution is 0.597. The lowest BCUT2D eigenvalue weighted by Crippen LogP contribution is -1.80. The van der Waals surface area contributed by atoms with E-state index >= 15 is 0 Å². The van der Waals surface area contributed by atoms with Crippen LogP contribution in [0.15, 0.2) is 36.5 Å². The predicted molar refractivity (Wildman–Crippen MR) is 53.6 cm³/mol. The van der Waals surface area contributed by atoms with Gasteiger partial charge in [-0.15, -0.1) is 0 Å². The van der Waals surface area contributed by atoms with Crippen molar-refractivity contribution in [1.82, 2.24) is 9.97 Å².